The third-order valence-corrected chi connectivity index (χ3v) is 2.89. The van der Waals surface area contributed by atoms with E-state index in [-0.39, 0.29) is 0 Å². The van der Waals surface area contributed by atoms with Gasteiger partial charge in [0.2, 0.25) is 0 Å². The standard InChI is InChI=1S/C8H16N2/c9-7-4-6-2-1-3-10-8(6)5-7/h6-8,10H,1-5,9H2. The average Bonchev–Trinajstić information content (AvgIpc) is 2.27. The summed E-state index contributed by atoms with van der Waals surface area (Å²) in [4.78, 5) is 0. The number of nitrogens with one attached hydrogen (secondary N) is 1. The van der Waals surface area contributed by atoms with Crippen molar-refractivity contribution in [2.24, 2.45) is 11.7 Å². The second-order valence-corrected chi connectivity index (χ2v) is 3.69. The molecule has 0 amide bonds. The van der Waals surface area contributed by atoms with Crippen LogP contribution in [0.5, 0.6) is 0 Å². The van der Waals surface area contributed by atoms with Gasteiger partial charge in [-0.3, -0.25) is 0 Å². The van der Waals surface area contributed by atoms with E-state index in [2.05, 4.69) is 5.32 Å². The highest BCUT2D eigenvalue weighted by molar-refractivity contribution is 4.92. The Labute approximate surface area is 62.2 Å². The Morgan fingerprint density at radius 3 is 3.00 bits per heavy atom. The van der Waals surface area contributed by atoms with Gasteiger partial charge in [-0.1, -0.05) is 0 Å². The maximum absolute atomic E-state index is 5.85. The number of hydrogen-bond donors (Lipinski definition) is 2. The molecule has 2 aliphatic rings. The van der Waals surface area contributed by atoms with Crippen LogP contribution in [0.2, 0.25) is 0 Å². The third-order valence-electron chi connectivity index (χ3n) is 2.89. The van der Waals surface area contributed by atoms with E-state index in [1.165, 1.54) is 32.2 Å². The molecule has 1 aliphatic heterocycles. The Morgan fingerprint density at radius 2 is 2.20 bits per heavy atom. The fraction of sp³-hybridized carbons (Fsp3) is 1.00. The van der Waals surface area contributed by atoms with Gasteiger partial charge in [0.1, 0.15) is 0 Å². The van der Waals surface area contributed by atoms with Gasteiger partial charge in [-0.2, -0.15) is 0 Å². The first kappa shape index (κ1) is 6.62. The second-order valence-electron chi connectivity index (χ2n) is 3.69. The summed E-state index contributed by atoms with van der Waals surface area (Å²) in [6, 6.07) is 1.25. The Hall–Kier alpha value is -0.0800. The first-order valence-corrected chi connectivity index (χ1v) is 4.35. The Morgan fingerprint density at radius 1 is 1.30 bits per heavy atom. The highest BCUT2D eigenvalue weighted by Crippen LogP contribution is 2.30. The van der Waals surface area contributed by atoms with Crippen molar-refractivity contribution in [3.05, 3.63) is 0 Å². The van der Waals surface area contributed by atoms with Crippen LogP contribution < -0.4 is 11.1 Å². The highest BCUT2D eigenvalue weighted by atomic mass is 15.0. The van der Waals surface area contributed by atoms with Crippen LogP contribution in [0.4, 0.5) is 0 Å². The lowest BCUT2D eigenvalue weighted by Crippen LogP contribution is -2.37. The molecule has 10 heavy (non-hydrogen) atoms. The molecule has 3 unspecified atom stereocenters. The van der Waals surface area contributed by atoms with Gasteiger partial charge in [-0.05, 0) is 38.1 Å². The van der Waals surface area contributed by atoms with Crippen LogP contribution in [0.25, 0.3) is 0 Å². The van der Waals surface area contributed by atoms with Gasteiger partial charge in [-0.15, -0.1) is 0 Å². The first-order valence-electron chi connectivity index (χ1n) is 4.35. The molecule has 0 aromatic rings. The molecule has 1 saturated carbocycles. The van der Waals surface area contributed by atoms with E-state index in [0.29, 0.717) is 6.04 Å². The molecule has 3 atom stereocenters. The first-order chi connectivity index (χ1) is 4.86. The van der Waals surface area contributed by atoms with Crippen LogP contribution in [0, 0.1) is 5.92 Å². The van der Waals surface area contributed by atoms with Crippen molar-refractivity contribution in [1.82, 2.24) is 5.32 Å². The van der Waals surface area contributed by atoms with Crippen LogP contribution in [0.15, 0.2) is 0 Å². The van der Waals surface area contributed by atoms with E-state index in [9.17, 15) is 0 Å². The maximum atomic E-state index is 5.85. The van der Waals surface area contributed by atoms with Crippen molar-refractivity contribution in [2.45, 2.75) is 37.8 Å². The molecule has 0 bridgehead atoms. The van der Waals surface area contributed by atoms with E-state index in [4.69, 9.17) is 5.73 Å². The number of fused-ring (bicyclic) bond motifs is 1. The minimum atomic E-state index is 0.487. The predicted octanol–water partition coefficient (Wildman–Crippen LogP) is 0.476. The largest absolute Gasteiger partial charge is 0.328 e. The van der Waals surface area contributed by atoms with E-state index in [1.54, 1.807) is 0 Å². The lowest BCUT2D eigenvalue weighted by molar-refractivity contribution is 0.318. The zero-order valence-electron chi connectivity index (χ0n) is 6.34. The van der Waals surface area contributed by atoms with Crippen molar-refractivity contribution >= 4 is 0 Å². The molecule has 0 spiro atoms. The molecule has 2 heteroatoms. The lowest BCUT2D eigenvalue weighted by atomic mass is 9.94. The summed E-state index contributed by atoms with van der Waals surface area (Å²) in [7, 11) is 0. The van der Waals surface area contributed by atoms with Crippen molar-refractivity contribution < 1.29 is 0 Å². The topological polar surface area (TPSA) is 38.0 Å². The highest BCUT2D eigenvalue weighted by Gasteiger charge is 2.33. The van der Waals surface area contributed by atoms with Gasteiger partial charge in [0.15, 0.2) is 0 Å². The van der Waals surface area contributed by atoms with Gasteiger partial charge >= 0.3 is 0 Å². The van der Waals surface area contributed by atoms with Gasteiger partial charge in [0.25, 0.3) is 0 Å². The quantitative estimate of drug-likeness (QED) is 0.513. The van der Waals surface area contributed by atoms with E-state index in [1.807, 2.05) is 0 Å². The predicted molar refractivity (Wildman–Crippen MR) is 41.7 cm³/mol. The smallest absolute Gasteiger partial charge is 0.0111 e. The molecular formula is C8H16N2. The SMILES string of the molecule is NC1CC2CCCNC2C1. The fourth-order valence-corrected chi connectivity index (χ4v) is 2.39. The normalized spacial score (nSPS) is 47.1. The van der Waals surface area contributed by atoms with Crippen LogP contribution in [-0.2, 0) is 0 Å². The Kier molecular flexibility index (Phi) is 1.66. The van der Waals surface area contributed by atoms with Gasteiger partial charge in [0.05, 0.1) is 0 Å². The Balaban J connectivity index is 1.97. The maximum Gasteiger partial charge on any atom is 0.0111 e. The average molecular weight is 140 g/mol. The fourth-order valence-electron chi connectivity index (χ4n) is 2.39. The summed E-state index contributed by atoms with van der Waals surface area (Å²) in [5.74, 6) is 0.906. The van der Waals surface area contributed by atoms with E-state index >= 15 is 0 Å². The molecule has 2 fully saturated rings. The monoisotopic (exact) mass is 140 g/mol. The molecule has 2 nitrogen and oxygen atoms in total. The summed E-state index contributed by atoms with van der Waals surface area (Å²) in [6.07, 6.45) is 5.24. The summed E-state index contributed by atoms with van der Waals surface area (Å²) >= 11 is 0. The van der Waals surface area contributed by atoms with Crippen molar-refractivity contribution in [3.8, 4) is 0 Å². The number of hydrogen-bond acceptors (Lipinski definition) is 2. The molecule has 1 aliphatic carbocycles. The van der Waals surface area contributed by atoms with E-state index in [0.717, 1.165) is 12.0 Å². The van der Waals surface area contributed by atoms with Crippen LogP contribution in [0.3, 0.4) is 0 Å². The van der Waals surface area contributed by atoms with E-state index < -0.39 is 0 Å². The summed E-state index contributed by atoms with van der Waals surface area (Å²) in [5.41, 5.74) is 5.85. The van der Waals surface area contributed by atoms with Crippen molar-refractivity contribution in [1.29, 1.82) is 0 Å². The zero-order chi connectivity index (χ0) is 6.97. The second kappa shape index (κ2) is 2.51. The van der Waals surface area contributed by atoms with Crippen molar-refractivity contribution in [2.75, 3.05) is 6.54 Å². The van der Waals surface area contributed by atoms with Gasteiger partial charge < -0.3 is 11.1 Å². The third kappa shape index (κ3) is 1.06. The van der Waals surface area contributed by atoms with Gasteiger partial charge in [0, 0.05) is 12.1 Å². The number of nitrogens with two attached hydrogens (primary N) is 1. The molecule has 1 heterocycles. The minimum absolute atomic E-state index is 0.487. The molecule has 0 aromatic carbocycles. The number of rotatable bonds is 0. The van der Waals surface area contributed by atoms with Crippen LogP contribution in [0.1, 0.15) is 25.7 Å². The summed E-state index contributed by atoms with van der Waals surface area (Å²) < 4.78 is 0. The minimum Gasteiger partial charge on any atom is -0.328 e. The van der Waals surface area contributed by atoms with Crippen molar-refractivity contribution in [3.63, 3.8) is 0 Å². The summed E-state index contributed by atoms with van der Waals surface area (Å²) in [6.45, 7) is 1.22. The molecule has 2 rings (SSSR count). The molecule has 0 radical (unpaired) electrons. The Bertz CT molecular complexity index is 110. The summed E-state index contributed by atoms with van der Waals surface area (Å²) in [5, 5.41) is 3.53. The molecule has 0 aromatic heterocycles. The number of piperidine rings is 1. The molecule has 58 valence electrons. The molecule has 1 saturated heterocycles. The molecule has 3 N–H and O–H groups in total. The lowest BCUT2D eigenvalue weighted by Gasteiger charge is -2.25. The zero-order valence-corrected chi connectivity index (χ0v) is 6.34. The van der Waals surface area contributed by atoms with Crippen LogP contribution in [-0.4, -0.2) is 18.6 Å². The van der Waals surface area contributed by atoms with Crippen LogP contribution >= 0.6 is 0 Å². The van der Waals surface area contributed by atoms with Gasteiger partial charge in [-0.25, -0.2) is 0 Å². The molecular weight excluding hydrogens is 124 g/mol.